The number of halogens is 1. The van der Waals surface area contributed by atoms with Crippen molar-refractivity contribution in [1.29, 1.82) is 0 Å². The number of carbonyl (C=O) groups is 1. The lowest BCUT2D eigenvalue weighted by molar-refractivity contribution is -0.128. The van der Waals surface area contributed by atoms with Gasteiger partial charge in [-0.3, -0.25) is 4.79 Å². The Bertz CT molecular complexity index is 1220. The van der Waals surface area contributed by atoms with Crippen LogP contribution >= 0.6 is 23.4 Å². The third kappa shape index (κ3) is 5.31. The molecule has 1 fully saturated rings. The molecule has 5 rings (SSSR count). The summed E-state index contributed by atoms with van der Waals surface area (Å²) in [6, 6.07) is 15.7. The van der Waals surface area contributed by atoms with E-state index in [0.717, 1.165) is 40.7 Å². The number of rotatable bonds is 7. The van der Waals surface area contributed by atoms with Crippen LogP contribution in [0.3, 0.4) is 0 Å². The van der Waals surface area contributed by atoms with Gasteiger partial charge in [0.25, 0.3) is 5.22 Å². The number of anilines is 1. The number of imidazole rings is 1. The van der Waals surface area contributed by atoms with Crippen molar-refractivity contribution in [3.8, 4) is 0 Å². The van der Waals surface area contributed by atoms with E-state index in [2.05, 4.69) is 25.1 Å². The van der Waals surface area contributed by atoms with Gasteiger partial charge in [-0.2, -0.15) is 0 Å². The number of aromatic amines is 1. The standard InChI is InChI=1S/C23H23ClN6O2S/c24-16-4-3-5-17(14-16)29-10-12-30(13-11-29)22(31)15-33-23-28-27-21(32-23)9-8-20-25-18-6-1-2-7-19(18)26-20/h1-7,14H,8-13,15H2,(H,25,26). The maximum atomic E-state index is 12.6. The van der Waals surface area contributed by atoms with Crippen LogP contribution in [-0.4, -0.2) is 62.9 Å². The van der Waals surface area contributed by atoms with E-state index in [0.29, 0.717) is 37.0 Å². The highest BCUT2D eigenvalue weighted by Crippen LogP contribution is 2.22. The number of piperazine rings is 1. The molecule has 3 heterocycles. The number of para-hydroxylation sites is 2. The molecule has 0 spiro atoms. The van der Waals surface area contributed by atoms with Gasteiger partial charge in [0.15, 0.2) is 0 Å². The number of H-pyrrole nitrogens is 1. The van der Waals surface area contributed by atoms with Crippen LogP contribution in [0.25, 0.3) is 11.0 Å². The normalized spacial score (nSPS) is 14.2. The van der Waals surface area contributed by atoms with E-state index in [1.165, 1.54) is 11.8 Å². The fourth-order valence-electron chi connectivity index (χ4n) is 3.85. The van der Waals surface area contributed by atoms with Gasteiger partial charge in [-0.1, -0.05) is 41.6 Å². The van der Waals surface area contributed by atoms with Crippen LogP contribution in [0, 0.1) is 0 Å². The zero-order chi connectivity index (χ0) is 22.6. The zero-order valence-electron chi connectivity index (χ0n) is 17.9. The molecule has 10 heteroatoms. The highest BCUT2D eigenvalue weighted by molar-refractivity contribution is 7.99. The van der Waals surface area contributed by atoms with Crippen LogP contribution < -0.4 is 4.90 Å². The Kier molecular flexibility index (Phi) is 6.50. The quantitative estimate of drug-likeness (QED) is 0.400. The number of carbonyl (C=O) groups excluding carboxylic acids is 1. The van der Waals surface area contributed by atoms with Gasteiger partial charge in [-0.25, -0.2) is 4.98 Å². The summed E-state index contributed by atoms with van der Waals surface area (Å²) in [5.74, 6) is 1.78. The number of thioether (sulfide) groups is 1. The highest BCUT2D eigenvalue weighted by Gasteiger charge is 2.22. The van der Waals surface area contributed by atoms with Crippen LogP contribution in [0.5, 0.6) is 0 Å². The van der Waals surface area contributed by atoms with Gasteiger partial charge in [-0.15, -0.1) is 10.2 Å². The predicted molar refractivity (Wildman–Crippen MR) is 129 cm³/mol. The topological polar surface area (TPSA) is 91.1 Å². The first-order valence-corrected chi connectivity index (χ1v) is 12.2. The molecule has 0 aliphatic carbocycles. The molecule has 0 bridgehead atoms. The van der Waals surface area contributed by atoms with E-state index in [4.69, 9.17) is 16.0 Å². The second-order valence-electron chi connectivity index (χ2n) is 7.80. The van der Waals surface area contributed by atoms with Gasteiger partial charge in [0.2, 0.25) is 11.8 Å². The molecule has 1 saturated heterocycles. The molecular formula is C23H23ClN6O2S. The van der Waals surface area contributed by atoms with E-state index in [-0.39, 0.29) is 11.7 Å². The van der Waals surface area contributed by atoms with Gasteiger partial charge in [0.1, 0.15) is 5.82 Å². The Morgan fingerprint density at radius 2 is 1.91 bits per heavy atom. The second kappa shape index (κ2) is 9.84. The Hall–Kier alpha value is -3.04. The van der Waals surface area contributed by atoms with Crippen molar-refractivity contribution in [2.24, 2.45) is 0 Å². The SMILES string of the molecule is O=C(CSc1nnc(CCc2nc3ccccc3[nH]2)o1)N1CCN(c2cccc(Cl)c2)CC1. The summed E-state index contributed by atoms with van der Waals surface area (Å²) in [4.78, 5) is 24.6. The molecule has 2 aromatic carbocycles. The number of hydrogen-bond donors (Lipinski definition) is 1. The van der Waals surface area contributed by atoms with Crippen molar-refractivity contribution in [3.05, 3.63) is 65.3 Å². The lowest BCUT2D eigenvalue weighted by Crippen LogP contribution is -2.49. The molecular weight excluding hydrogens is 460 g/mol. The Morgan fingerprint density at radius 1 is 1.06 bits per heavy atom. The molecule has 8 nitrogen and oxygen atoms in total. The number of nitrogens with one attached hydrogen (secondary N) is 1. The van der Waals surface area contributed by atoms with E-state index in [1.54, 1.807) is 0 Å². The Labute approximate surface area is 200 Å². The molecule has 4 aromatic rings. The van der Waals surface area contributed by atoms with E-state index in [9.17, 15) is 4.79 Å². The molecule has 0 unspecified atom stereocenters. The van der Waals surface area contributed by atoms with E-state index in [1.807, 2.05) is 53.4 Å². The van der Waals surface area contributed by atoms with Gasteiger partial charge in [-0.05, 0) is 30.3 Å². The van der Waals surface area contributed by atoms with E-state index >= 15 is 0 Å². The fourth-order valence-corrected chi connectivity index (χ4v) is 4.72. The van der Waals surface area contributed by atoms with Crippen LogP contribution in [-0.2, 0) is 17.6 Å². The first-order valence-electron chi connectivity index (χ1n) is 10.8. The minimum Gasteiger partial charge on any atom is -0.416 e. The number of hydrogen-bond acceptors (Lipinski definition) is 7. The number of aromatic nitrogens is 4. The third-order valence-electron chi connectivity index (χ3n) is 5.59. The van der Waals surface area contributed by atoms with Crippen molar-refractivity contribution in [3.63, 3.8) is 0 Å². The van der Waals surface area contributed by atoms with Crippen LogP contribution in [0.1, 0.15) is 11.7 Å². The average molecular weight is 483 g/mol. The molecule has 1 amide bonds. The van der Waals surface area contributed by atoms with Crippen molar-refractivity contribution >= 4 is 46.0 Å². The first kappa shape index (κ1) is 21.8. The first-order chi connectivity index (χ1) is 16.1. The second-order valence-corrected chi connectivity index (χ2v) is 9.16. The lowest BCUT2D eigenvalue weighted by atomic mass is 10.2. The number of nitrogens with zero attached hydrogens (tertiary/aromatic N) is 5. The summed E-state index contributed by atoms with van der Waals surface area (Å²) >= 11 is 7.38. The van der Waals surface area contributed by atoms with Crippen molar-refractivity contribution in [2.75, 3.05) is 36.8 Å². The van der Waals surface area contributed by atoms with Crippen molar-refractivity contribution in [2.45, 2.75) is 18.1 Å². The molecule has 1 aliphatic rings. The van der Waals surface area contributed by atoms with Gasteiger partial charge in [0, 0.05) is 49.7 Å². The summed E-state index contributed by atoms with van der Waals surface area (Å²) in [6.07, 6.45) is 1.27. The fraction of sp³-hybridized carbons (Fsp3) is 0.304. The molecule has 33 heavy (non-hydrogen) atoms. The number of fused-ring (bicyclic) bond motifs is 1. The molecule has 2 aromatic heterocycles. The summed E-state index contributed by atoms with van der Waals surface area (Å²) in [7, 11) is 0. The largest absolute Gasteiger partial charge is 0.416 e. The van der Waals surface area contributed by atoms with E-state index < -0.39 is 0 Å². The highest BCUT2D eigenvalue weighted by atomic mass is 35.5. The van der Waals surface area contributed by atoms with Crippen LogP contribution in [0.2, 0.25) is 5.02 Å². The van der Waals surface area contributed by atoms with Gasteiger partial charge in [0.05, 0.1) is 16.8 Å². The molecule has 0 radical (unpaired) electrons. The molecule has 1 N–H and O–H groups in total. The summed E-state index contributed by atoms with van der Waals surface area (Å²) in [5.41, 5.74) is 3.05. The Balaban J connectivity index is 1.08. The van der Waals surface area contributed by atoms with Crippen LogP contribution in [0.15, 0.2) is 58.2 Å². The minimum absolute atomic E-state index is 0.0766. The summed E-state index contributed by atoms with van der Waals surface area (Å²) in [5, 5.41) is 9.32. The zero-order valence-corrected chi connectivity index (χ0v) is 19.5. The third-order valence-corrected chi connectivity index (χ3v) is 6.63. The number of aryl methyl sites for hydroxylation is 2. The van der Waals surface area contributed by atoms with Crippen molar-refractivity contribution in [1.82, 2.24) is 25.1 Å². The maximum absolute atomic E-state index is 12.6. The molecule has 0 saturated carbocycles. The molecule has 0 atom stereocenters. The minimum atomic E-state index is 0.0766. The maximum Gasteiger partial charge on any atom is 0.277 e. The average Bonchev–Trinajstić information content (AvgIpc) is 3.47. The lowest BCUT2D eigenvalue weighted by Gasteiger charge is -2.36. The van der Waals surface area contributed by atoms with Crippen LogP contribution in [0.4, 0.5) is 5.69 Å². The Morgan fingerprint density at radius 3 is 2.73 bits per heavy atom. The predicted octanol–water partition coefficient (Wildman–Crippen LogP) is 3.83. The van der Waals surface area contributed by atoms with Gasteiger partial charge >= 0.3 is 0 Å². The summed E-state index contributed by atoms with van der Waals surface area (Å²) < 4.78 is 5.71. The smallest absolute Gasteiger partial charge is 0.277 e. The molecule has 1 aliphatic heterocycles. The molecule has 170 valence electrons. The monoisotopic (exact) mass is 482 g/mol. The van der Waals surface area contributed by atoms with Gasteiger partial charge < -0.3 is 19.2 Å². The summed E-state index contributed by atoms with van der Waals surface area (Å²) in [6.45, 7) is 2.92. The number of benzene rings is 2. The van der Waals surface area contributed by atoms with Crippen molar-refractivity contribution < 1.29 is 9.21 Å². The number of amides is 1.